The molecule has 58 valence electrons. The maximum absolute atomic E-state index is 2.59. The second-order valence-corrected chi connectivity index (χ2v) is 4.09. The van der Waals surface area contributed by atoms with E-state index in [1.807, 2.05) is 0 Å². The van der Waals surface area contributed by atoms with E-state index >= 15 is 0 Å². The van der Waals surface area contributed by atoms with Gasteiger partial charge in [0, 0.05) is 6.54 Å². The van der Waals surface area contributed by atoms with Crippen LogP contribution in [0.25, 0.3) is 0 Å². The maximum Gasteiger partial charge on any atom is 0.00410 e. The lowest BCUT2D eigenvalue weighted by molar-refractivity contribution is 0.331. The molecule has 2 aliphatic rings. The number of rotatable bonds is 1. The Kier molecular flexibility index (Phi) is 1.31. The molecule has 1 nitrogen and oxygen atoms in total. The average molecular weight is 139 g/mol. The minimum absolute atomic E-state index is 0.802. The van der Waals surface area contributed by atoms with Crippen molar-refractivity contribution in [2.24, 2.45) is 11.3 Å². The summed E-state index contributed by atoms with van der Waals surface area (Å²) in [6.45, 7) is 8.69. The molecule has 0 amide bonds. The van der Waals surface area contributed by atoms with Gasteiger partial charge in [0.15, 0.2) is 0 Å². The number of hydrogen-bond acceptors (Lipinski definition) is 1. The SMILES string of the molecule is CCN1CCC2(C[C@H]2C)C1. The summed E-state index contributed by atoms with van der Waals surface area (Å²) in [5.74, 6) is 1.03. The molecule has 1 spiro atoms. The van der Waals surface area contributed by atoms with Gasteiger partial charge in [-0.05, 0) is 37.3 Å². The van der Waals surface area contributed by atoms with Crippen LogP contribution >= 0.6 is 0 Å². The van der Waals surface area contributed by atoms with Gasteiger partial charge < -0.3 is 4.90 Å². The zero-order chi connectivity index (χ0) is 7.19. The van der Waals surface area contributed by atoms with E-state index in [1.54, 1.807) is 0 Å². The first-order chi connectivity index (χ1) is 4.77. The standard InChI is InChI=1S/C9H17N/c1-3-10-5-4-9(7-10)6-8(9)2/h8H,3-7H2,1-2H3/t8-,9?/m1/s1. The van der Waals surface area contributed by atoms with Crippen molar-refractivity contribution in [2.45, 2.75) is 26.7 Å². The van der Waals surface area contributed by atoms with Crippen molar-refractivity contribution in [3.8, 4) is 0 Å². The van der Waals surface area contributed by atoms with E-state index in [-0.39, 0.29) is 0 Å². The van der Waals surface area contributed by atoms with Gasteiger partial charge in [-0.3, -0.25) is 0 Å². The first kappa shape index (κ1) is 6.66. The van der Waals surface area contributed by atoms with Crippen molar-refractivity contribution < 1.29 is 0 Å². The Morgan fingerprint density at radius 1 is 1.60 bits per heavy atom. The molecule has 1 unspecified atom stereocenters. The fourth-order valence-electron chi connectivity index (χ4n) is 2.37. The largest absolute Gasteiger partial charge is 0.303 e. The van der Waals surface area contributed by atoms with Crippen LogP contribution in [0.2, 0.25) is 0 Å². The van der Waals surface area contributed by atoms with Crippen LogP contribution in [0, 0.1) is 11.3 Å². The second-order valence-electron chi connectivity index (χ2n) is 4.09. The Labute approximate surface area is 63.4 Å². The van der Waals surface area contributed by atoms with Gasteiger partial charge in [-0.2, -0.15) is 0 Å². The lowest BCUT2D eigenvalue weighted by atomic mass is 10.0. The van der Waals surface area contributed by atoms with Gasteiger partial charge in [0.25, 0.3) is 0 Å². The highest BCUT2D eigenvalue weighted by atomic mass is 15.2. The number of nitrogens with zero attached hydrogens (tertiary/aromatic N) is 1. The molecular formula is C9H17N. The van der Waals surface area contributed by atoms with Gasteiger partial charge in [0.05, 0.1) is 0 Å². The Morgan fingerprint density at radius 3 is 2.60 bits per heavy atom. The van der Waals surface area contributed by atoms with Crippen LogP contribution in [0.4, 0.5) is 0 Å². The van der Waals surface area contributed by atoms with Gasteiger partial charge in [-0.1, -0.05) is 13.8 Å². The third kappa shape index (κ3) is 0.800. The molecule has 1 saturated carbocycles. The molecule has 1 heteroatoms. The van der Waals surface area contributed by atoms with Crippen molar-refractivity contribution in [1.82, 2.24) is 4.90 Å². The molecule has 0 aromatic carbocycles. The van der Waals surface area contributed by atoms with Gasteiger partial charge >= 0.3 is 0 Å². The van der Waals surface area contributed by atoms with E-state index in [9.17, 15) is 0 Å². The molecule has 0 bridgehead atoms. The quantitative estimate of drug-likeness (QED) is 0.535. The first-order valence-electron chi connectivity index (χ1n) is 4.49. The highest BCUT2D eigenvalue weighted by molar-refractivity contribution is 5.05. The highest BCUT2D eigenvalue weighted by Crippen LogP contribution is 2.57. The van der Waals surface area contributed by atoms with Crippen LogP contribution in [-0.2, 0) is 0 Å². The van der Waals surface area contributed by atoms with E-state index in [4.69, 9.17) is 0 Å². The third-order valence-electron chi connectivity index (χ3n) is 3.51. The summed E-state index contributed by atoms with van der Waals surface area (Å²) >= 11 is 0. The molecule has 0 aromatic heterocycles. The van der Waals surface area contributed by atoms with E-state index in [1.165, 1.54) is 32.5 Å². The predicted molar refractivity (Wildman–Crippen MR) is 42.9 cm³/mol. The minimum atomic E-state index is 0.802. The number of hydrogen-bond donors (Lipinski definition) is 0. The normalized spacial score (nSPS) is 46.8. The van der Waals surface area contributed by atoms with E-state index in [2.05, 4.69) is 18.7 Å². The molecule has 0 N–H and O–H groups in total. The second kappa shape index (κ2) is 1.97. The molecule has 2 rings (SSSR count). The van der Waals surface area contributed by atoms with Gasteiger partial charge in [-0.15, -0.1) is 0 Å². The molecule has 2 fully saturated rings. The summed E-state index contributed by atoms with van der Waals surface area (Å²) in [5, 5.41) is 0. The highest BCUT2D eigenvalue weighted by Gasteiger charge is 2.53. The van der Waals surface area contributed by atoms with Crippen molar-refractivity contribution in [1.29, 1.82) is 0 Å². The number of likely N-dealkylation sites (tertiary alicyclic amines) is 1. The summed E-state index contributed by atoms with van der Waals surface area (Å²) in [6.07, 6.45) is 2.98. The maximum atomic E-state index is 2.59. The molecule has 2 atom stereocenters. The van der Waals surface area contributed by atoms with Crippen LogP contribution in [0.15, 0.2) is 0 Å². The van der Waals surface area contributed by atoms with Gasteiger partial charge in [0.2, 0.25) is 0 Å². The fourth-order valence-corrected chi connectivity index (χ4v) is 2.37. The average Bonchev–Trinajstić information content (AvgIpc) is 2.43. The topological polar surface area (TPSA) is 3.24 Å². The molecule has 1 heterocycles. The summed E-state index contributed by atoms with van der Waals surface area (Å²) in [5.41, 5.74) is 0.802. The van der Waals surface area contributed by atoms with E-state index in [0.29, 0.717) is 0 Å². The Bertz CT molecular complexity index is 144. The minimum Gasteiger partial charge on any atom is -0.303 e. The molecule has 10 heavy (non-hydrogen) atoms. The zero-order valence-corrected chi connectivity index (χ0v) is 7.06. The molecule has 1 aliphatic carbocycles. The van der Waals surface area contributed by atoms with Crippen LogP contribution in [0.1, 0.15) is 26.7 Å². The van der Waals surface area contributed by atoms with Crippen molar-refractivity contribution in [2.75, 3.05) is 19.6 Å². The van der Waals surface area contributed by atoms with Crippen molar-refractivity contribution >= 4 is 0 Å². The summed E-state index contributed by atoms with van der Waals surface area (Å²) in [6, 6.07) is 0. The fraction of sp³-hybridized carbons (Fsp3) is 1.00. The summed E-state index contributed by atoms with van der Waals surface area (Å²) in [7, 11) is 0. The monoisotopic (exact) mass is 139 g/mol. The van der Waals surface area contributed by atoms with Crippen LogP contribution in [0.5, 0.6) is 0 Å². The lowest BCUT2D eigenvalue weighted by Crippen LogP contribution is -2.20. The van der Waals surface area contributed by atoms with Crippen LogP contribution < -0.4 is 0 Å². The molecule has 0 aromatic rings. The van der Waals surface area contributed by atoms with Gasteiger partial charge in [-0.25, -0.2) is 0 Å². The summed E-state index contributed by atoms with van der Waals surface area (Å²) < 4.78 is 0. The molecular weight excluding hydrogens is 122 g/mol. The predicted octanol–water partition coefficient (Wildman–Crippen LogP) is 1.74. The molecule has 0 radical (unpaired) electrons. The third-order valence-corrected chi connectivity index (χ3v) is 3.51. The Morgan fingerprint density at radius 2 is 2.30 bits per heavy atom. The molecule has 1 saturated heterocycles. The van der Waals surface area contributed by atoms with Crippen LogP contribution in [0.3, 0.4) is 0 Å². The first-order valence-corrected chi connectivity index (χ1v) is 4.49. The van der Waals surface area contributed by atoms with E-state index < -0.39 is 0 Å². The Balaban J connectivity index is 1.95. The van der Waals surface area contributed by atoms with Gasteiger partial charge in [0.1, 0.15) is 0 Å². The van der Waals surface area contributed by atoms with Crippen LogP contribution in [-0.4, -0.2) is 24.5 Å². The van der Waals surface area contributed by atoms with Crippen molar-refractivity contribution in [3.05, 3.63) is 0 Å². The zero-order valence-electron chi connectivity index (χ0n) is 7.06. The smallest absolute Gasteiger partial charge is 0.00410 e. The lowest BCUT2D eigenvalue weighted by Gasteiger charge is -2.11. The summed E-state index contributed by atoms with van der Waals surface area (Å²) in [4.78, 5) is 2.59. The Hall–Kier alpha value is -0.0400. The van der Waals surface area contributed by atoms with Crippen molar-refractivity contribution in [3.63, 3.8) is 0 Å². The van der Waals surface area contributed by atoms with E-state index in [0.717, 1.165) is 11.3 Å². The molecule has 1 aliphatic heterocycles.